The molecule has 1 aromatic carbocycles. The first-order chi connectivity index (χ1) is 28.3. The van der Waals surface area contributed by atoms with Gasteiger partial charge in [0.2, 0.25) is 0 Å². The Labute approximate surface area is 418 Å². The van der Waals surface area contributed by atoms with E-state index in [1.54, 1.807) is 6.92 Å². The summed E-state index contributed by atoms with van der Waals surface area (Å²) in [7, 11) is 0. The monoisotopic (exact) mass is 965 g/mol. The van der Waals surface area contributed by atoms with Crippen molar-refractivity contribution in [2.75, 3.05) is 0 Å². The zero-order chi connectivity index (χ0) is 43.9. The van der Waals surface area contributed by atoms with Gasteiger partial charge in [0.1, 0.15) is 18.8 Å². The van der Waals surface area contributed by atoms with Crippen molar-refractivity contribution in [3.05, 3.63) is 35.9 Å². The van der Waals surface area contributed by atoms with Crippen LogP contribution in [0.5, 0.6) is 0 Å². The fourth-order valence-corrected chi connectivity index (χ4v) is 10.9. The number of rotatable bonds is 12. The Morgan fingerprint density at radius 1 is 0.574 bits per heavy atom. The minimum absolute atomic E-state index is 0. The van der Waals surface area contributed by atoms with Gasteiger partial charge in [-0.15, -0.1) is 0 Å². The van der Waals surface area contributed by atoms with E-state index in [2.05, 4.69) is 13.8 Å². The third kappa shape index (κ3) is 15.0. The third-order valence-electron chi connectivity index (χ3n) is 16.4. The predicted octanol–water partition coefficient (Wildman–Crippen LogP) is 14.9. The molecule has 8 fully saturated rings. The summed E-state index contributed by atoms with van der Waals surface area (Å²) in [5.74, 6) is 4.91. The lowest BCUT2D eigenvalue weighted by Crippen LogP contribution is -2.38. The van der Waals surface area contributed by atoms with E-state index in [9.17, 15) is 19.2 Å². The molecule has 15 atom stereocenters. The van der Waals surface area contributed by atoms with Gasteiger partial charge < -0.3 is 28.8 Å². The Morgan fingerprint density at radius 2 is 1.00 bits per heavy atom. The first-order valence-corrected chi connectivity index (χ1v) is 23.4. The van der Waals surface area contributed by atoms with E-state index in [1.807, 2.05) is 85.7 Å². The topological polar surface area (TPSA) is 141 Å². The lowest BCUT2D eigenvalue weighted by molar-refractivity contribution is -0.165. The van der Waals surface area contributed by atoms with E-state index in [-0.39, 0.29) is 112 Å². The van der Waals surface area contributed by atoms with Crippen LogP contribution >= 0.6 is 0 Å². The van der Waals surface area contributed by atoms with Crippen molar-refractivity contribution in [1.82, 2.24) is 0 Å². The van der Waals surface area contributed by atoms with E-state index >= 15 is 0 Å². The van der Waals surface area contributed by atoms with E-state index in [4.69, 9.17) is 28.8 Å². The van der Waals surface area contributed by atoms with Crippen LogP contribution in [0.25, 0.3) is 0 Å². The van der Waals surface area contributed by atoms with Crippen molar-refractivity contribution >= 4 is 23.9 Å². The number of carboxylic acid groups (broad SMARTS) is 1. The highest BCUT2D eigenvalue weighted by molar-refractivity contribution is 5.77. The quantitative estimate of drug-likeness (QED) is 0.122. The number of hydrogen-bond acceptors (Lipinski definition) is 9. The Bertz CT molecular complexity index is 1670. The fourth-order valence-electron chi connectivity index (χ4n) is 10.9. The molecule has 400 valence electrons. The minimum Gasteiger partial charge on any atom is -0.481 e. The van der Waals surface area contributed by atoms with Crippen molar-refractivity contribution < 1.29 is 48.0 Å². The highest BCUT2D eigenvalue weighted by Crippen LogP contribution is 2.66. The molecular weight excluding hydrogens is 857 g/mol. The van der Waals surface area contributed by atoms with Crippen molar-refractivity contribution in [2.24, 2.45) is 69.5 Å². The van der Waals surface area contributed by atoms with Gasteiger partial charge in [0.25, 0.3) is 0 Å². The maximum Gasteiger partial charge on any atom is 0.311 e. The molecule has 2 aliphatic heterocycles. The average Bonchev–Trinajstić information content (AvgIpc) is 3.67. The van der Waals surface area contributed by atoms with Crippen LogP contribution in [0, 0.1) is 69.5 Å². The summed E-state index contributed by atoms with van der Waals surface area (Å²) in [6.45, 7) is 21.8. The number of hydrogen-bond donors (Lipinski definition) is 1. The maximum absolute atomic E-state index is 12.3. The molecule has 10 heteroatoms. The van der Waals surface area contributed by atoms with Gasteiger partial charge in [0.05, 0.1) is 46.6 Å². The van der Waals surface area contributed by atoms with Crippen LogP contribution in [0.2, 0.25) is 0 Å². The van der Waals surface area contributed by atoms with Crippen LogP contribution < -0.4 is 0 Å². The number of epoxide rings is 2. The van der Waals surface area contributed by atoms with Gasteiger partial charge in [-0.1, -0.05) is 124 Å². The number of esters is 3. The SMILES string of the molecule is C.C.C.C.C.C.C.C.CCC(C)(C)C(=O)OC1CC2CC1C1C2CC2OC21.CCC(C)(C)C(=O)OC1CC2CC1C1CC3OC3C21.CCC(C)(C)C(=O)OCc1ccccc1.CCC(C)C(=O)O. The van der Waals surface area contributed by atoms with Crippen molar-refractivity contribution in [1.29, 1.82) is 0 Å². The van der Waals surface area contributed by atoms with E-state index in [0.717, 1.165) is 73.7 Å². The molecule has 0 radical (unpaired) electrons. The smallest absolute Gasteiger partial charge is 0.311 e. The van der Waals surface area contributed by atoms with E-state index < -0.39 is 5.97 Å². The highest BCUT2D eigenvalue weighted by Gasteiger charge is 2.68. The standard InChI is InChI=1S/2C16H24O3.C13H18O2.C5H10O2.8CH4/c1-4-16(2,3)15(17)19-11-6-8-5-10(11)13-9(8)7-12-14(13)18-12;1-4-16(2,3)15(17)19-11-6-8-5-9(11)10-7-12-14(18-12)13(8)10;1-4-13(2,3)12(14)15-10-11-8-6-5-7-9-11;1-3-4(2)5(6)7;;;;;;;;/h2*8-14H,4-7H2,1-3H3;5-9H,4,10H2,1-3H3;4H,3H2,1-2H3,(H,6,7);8*1H4. The Balaban J connectivity index is -0.000000832. The van der Waals surface area contributed by atoms with Crippen LogP contribution in [0.15, 0.2) is 30.3 Å². The van der Waals surface area contributed by atoms with Crippen molar-refractivity contribution in [3.63, 3.8) is 0 Å². The van der Waals surface area contributed by atoms with Gasteiger partial charge in [0, 0.05) is 5.92 Å². The second-order valence-electron chi connectivity index (χ2n) is 21.3. The van der Waals surface area contributed by atoms with Gasteiger partial charge in [-0.2, -0.15) is 0 Å². The second kappa shape index (κ2) is 27.6. The lowest BCUT2D eigenvalue weighted by atomic mass is 9.79. The number of aliphatic carboxylic acids is 1. The van der Waals surface area contributed by atoms with E-state index in [0.29, 0.717) is 48.8 Å². The molecule has 0 amide bonds. The van der Waals surface area contributed by atoms with Crippen molar-refractivity contribution in [2.45, 2.75) is 243 Å². The molecule has 2 saturated heterocycles. The summed E-state index contributed by atoms with van der Waals surface area (Å²) >= 11 is 0. The highest BCUT2D eigenvalue weighted by atomic mass is 16.6. The summed E-state index contributed by atoms with van der Waals surface area (Å²) in [5, 5.41) is 8.18. The number of fused-ring (bicyclic) bond motifs is 14. The van der Waals surface area contributed by atoms with Gasteiger partial charge in [0.15, 0.2) is 0 Å². The molecule has 0 aromatic heterocycles. The average molecular weight is 965 g/mol. The molecule has 9 rings (SSSR count). The summed E-state index contributed by atoms with van der Waals surface area (Å²) in [6.07, 6.45) is 13.0. The largest absolute Gasteiger partial charge is 0.481 e. The predicted molar refractivity (Wildman–Crippen MR) is 282 cm³/mol. The normalized spacial score (nSPS) is 31.8. The van der Waals surface area contributed by atoms with Crippen LogP contribution in [-0.4, -0.2) is 65.6 Å². The molecule has 0 spiro atoms. The van der Waals surface area contributed by atoms with E-state index in [1.165, 1.54) is 25.7 Å². The Morgan fingerprint density at radius 3 is 1.46 bits per heavy atom. The number of carbonyl (C=O) groups is 4. The summed E-state index contributed by atoms with van der Waals surface area (Å²) in [4.78, 5) is 46.1. The second-order valence-corrected chi connectivity index (χ2v) is 21.3. The Hall–Kier alpha value is -2.98. The number of ether oxygens (including phenoxy) is 5. The molecule has 15 unspecified atom stereocenters. The molecule has 8 aliphatic rings. The van der Waals surface area contributed by atoms with Gasteiger partial charge in [-0.3, -0.25) is 19.2 Å². The first kappa shape index (κ1) is 69.3. The summed E-state index contributed by atoms with van der Waals surface area (Å²) in [5.41, 5.74) is -0.0234. The first-order valence-electron chi connectivity index (χ1n) is 23.4. The van der Waals surface area contributed by atoms with Gasteiger partial charge >= 0.3 is 23.9 Å². The molecular formula is C58H108O10. The molecule has 4 bridgehead atoms. The third-order valence-corrected chi connectivity index (χ3v) is 16.4. The number of carbonyl (C=O) groups excluding carboxylic acids is 3. The maximum atomic E-state index is 12.3. The molecule has 10 nitrogen and oxygen atoms in total. The minimum atomic E-state index is -0.706. The molecule has 1 aromatic rings. The van der Waals surface area contributed by atoms with Gasteiger partial charge in [-0.05, 0) is 153 Å². The molecule has 2 heterocycles. The van der Waals surface area contributed by atoms with Crippen molar-refractivity contribution in [3.8, 4) is 0 Å². The van der Waals surface area contributed by atoms with Crippen LogP contribution in [0.4, 0.5) is 0 Å². The van der Waals surface area contributed by atoms with Crippen LogP contribution in [-0.2, 0) is 49.5 Å². The Kier molecular flexibility index (Phi) is 28.1. The molecule has 68 heavy (non-hydrogen) atoms. The number of carboxylic acids is 1. The zero-order valence-corrected chi connectivity index (χ0v) is 38.4. The summed E-state index contributed by atoms with van der Waals surface area (Å²) < 4.78 is 28.4. The molecule has 6 saturated carbocycles. The summed E-state index contributed by atoms with van der Waals surface area (Å²) in [6, 6.07) is 9.72. The lowest BCUT2D eigenvalue weighted by Gasteiger charge is -2.34. The van der Waals surface area contributed by atoms with Crippen LogP contribution in [0.1, 0.15) is 205 Å². The molecule has 1 N–H and O–H groups in total. The molecule has 6 aliphatic carbocycles. The van der Waals surface area contributed by atoms with Crippen LogP contribution in [0.3, 0.4) is 0 Å². The zero-order valence-electron chi connectivity index (χ0n) is 38.4. The fraction of sp³-hybridized carbons (Fsp3) is 0.828. The number of benzene rings is 1. The van der Waals surface area contributed by atoms with Gasteiger partial charge in [-0.25, -0.2) is 0 Å².